The molecule has 0 amide bonds. The molecule has 3 aromatic rings. The summed E-state index contributed by atoms with van der Waals surface area (Å²) in [7, 11) is 0. The highest BCUT2D eigenvalue weighted by Crippen LogP contribution is 2.33. The minimum absolute atomic E-state index is 0.0193. The van der Waals surface area contributed by atoms with Crippen LogP contribution in [0, 0.1) is 0 Å². The molecular weight excluding hydrogens is 268 g/mol. The maximum atomic E-state index is 11.1. The van der Waals surface area contributed by atoms with Gasteiger partial charge < -0.3 is 15.6 Å². The van der Waals surface area contributed by atoms with Gasteiger partial charge in [-0.15, -0.1) is 0 Å². The van der Waals surface area contributed by atoms with Gasteiger partial charge in [0.2, 0.25) is 0 Å². The highest BCUT2D eigenvalue weighted by molar-refractivity contribution is 5.95. The zero-order chi connectivity index (χ0) is 14.8. The van der Waals surface area contributed by atoms with E-state index in [2.05, 4.69) is 4.98 Å². The minimum atomic E-state index is -1.09. The van der Waals surface area contributed by atoms with Crippen LogP contribution in [0.4, 0.5) is 5.69 Å². The molecule has 2 aromatic carbocycles. The average molecular weight is 280 g/mol. The van der Waals surface area contributed by atoms with E-state index in [4.69, 9.17) is 15.6 Å². The van der Waals surface area contributed by atoms with E-state index < -0.39 is 5.97 Å². The van der Waals surface area contributed by atoms with E-state index in [0.29, 0.717) is 11.5 Å². The number of nitrogens with zero attached hydrogens (tertiary/aromatic N) is 1. The third kappa shape index (κ3) is 2.36. The van der Waals surface area contributed by atoms with Crippen molar-refractivity contribution in [3.8, 4) is 11.5 Å². The van der Waals surface area contributed by atoms with Gasteiger partial charge in [0, 0.05) is 11.6 Å². The lowest BCUT2D eigenvalue weighted by molar-refractivity contribution is 0.0697. The second kappa shape index (κ2) is 5.13. The number of ether oxygens (including phenoxy) is 1. The number of aromatic carboxylic acids is 1. The lowest BCUT2D eigenvalue weighted by Crippen LogP contribution is -2.03. The summed E-state index contributed by atoms with van der Waals surface area (Å²) < 4.78 is 5.78. The zero-order valence-corrected chi connectivity index (χ0v) is 11.0. The Labute approximate surface area is 120 Å². The molecule has 0 aliphatic carbocycles. The molecule has 0 aliphatic rings. The molecule has 104 valence electrons. The number of anilines is 1. The molecule has 0 fully saturated rings. The van der Waals surface area contributed by atoms with E-state index in [9.17, 15) is 4.79 Å². The molecule has 5 heteroatoms. The molecule has 3 N–H and O–H groups in total. The van der Waals surface area contributed by atoms with Gasteiger partial charge in [0.15, 0.2) is 5.75 Å². The highest BCUT2D eigenvalue weighted by Gasteiger charge is 2.13. The monoisotopic (exact) mass is 280 g/mol. The standard InChI is InChI=1S/C16H12N2O3/c17-15-11(16(19)20)4-1-8-14(15)21-13-7-2-6-12-10(13)5-3-9-18-12/h1-9H,17H2,(H,19,20). The molecule has 0 unspecified atom stereocenters. The third-order valence-corrected chi connectivity index (χ3v) is 3.12. The van der Waals surface area contributed by atoms with Crippen molar-refractivity contribution in [3.63, 3.8) is 0 Å². The number of hydrogen-bond donors (Lipinski definition) is 2. The number of carboxylic acid groups (broad SMARTS) is 1. The molecule has 0 saturated carbocycles. The van der Waals surface area contributed by atoms with Gasteiger partial charge in [-0.3, -0.25) is 4.98 Å². The fraction of sp³-hybridized carbons (Fsp3) is 0. The number of aromatic nitrogens is 1. The van der Waals surface area contributed by atoms with E-state index in [0.717, 1.165) is 10.9 Å². The van der Waals surface area contributed by atoms with E-state index in [1.807, 2.05) is 24.3 Å². The van der Waals surface area contributed by atoms with E-state index >= 15 is 0 Å². The number of nitrogen functional groups attached to an aromatic ring is 1. The molecule has 1 aromatic heterocycles. The summed E-state index contributed by atoms with van der Waals surface area (Å²) in [5, 5.41) is 9.92. The number of carbonyl (C=O) groups is 1. The predicted octanol–water partition coefficient (Wildman–Crippen LogP) is 3.31. The molecule has 0 spiro atoms. The van der Waals surface area contributed by atoms with Crippen LogP contribution in [-0.4, -0.2) is 16.1 Å². The molecule has 21 heavy (non-hydrogen) atoms. The van der Waals surface area contributed by atoms with Crippen molar-refractivity contribution in [2.75, 3.05) is 5.73 Å². The van der Waals surface area contributed by atoms with E-state index in [-0.39, 0.29) is 11.3 Å². The average Bonchev–Trinajstić information content (AvgIpc) is 2.49. The van der Waals surface area contributed by atoms with Crippen molar-refractivity contribution in [1.82, 2.24) is 4.98 Å². The van der Waals surface area contributed by atoms with Crippen LogP contribution < -0.4 is 10.5 Å². The largest absolute Gasteiger partial charge is 0.478 e. The van der Waals surface area contributed by atoms with Gasteiger partial charge in [-0.1, -0.05) is 12.1 Å². The van der Waals surface area contributed by atoms with Gasteiger partial charge in [-0.25, -0.2) is 4.79 Å². The quantitative estimate of drug-likeness (QED) is 0.719. The number of para-hydroxylation sites is 1. The molecular formula is C16H12N2O3. The number of benzene rings is 2. The second-order valence-corrected chi connectivity index (χ2v) is 4.45. The SMILES string of the molecule is Nc1c(Oc2cccc3ncccc23)cccc1C(=O)O. The third-order valence-electron chi connectivity index (χ3n) is 3.12. The van der Waals surface area contributed by atoms with Gasteiger partial charge in [0.1, 0.15) is 5.75 Å². The molecule has 0 aliphatic heterocycles. The fourth-order valence-corrected chi connectivity index (χ4v) is 2.10. The molecule has 0 saturated heterocycles. The van der Waals surface area contributed by atoms with Crippen molar-refractivity contribution in [3.05, 3.63) is 60.3 Å². The van der Waals surface area contributed by atoms with Crippen molar-refractivity contribution in [1.29, 1.82) is 0 Å². The highest BCUT2D eigenvalue weighted by atomic mass is 16.5. The maximum Gasteiger partial charge on any atom is 0.337 e. The number of nitrogens with two attached hydrogens (primary N) is 1. The summed E-state index contributed by atoms with van der Waals surface area (Å²) in [6.45, 7) is 0. The van der Waals surface area contributed by atoms with Crippen LogP contribution in [-0.2, 0) is 0 Å². The minimum Gasteiger partial charge on any atom is -0.478 e. The van der Waals surface area contributed by atoms with Gasteiger partial charge in [0.25, 0.3) is 0 Å². The Morgan fingerprint density at radius 3 is 2.62 bits per heavy atom. The molecule has 3 rings (SSSR count). The summed E-state index contributed by atoms with van der Waals surface area (Å²) in [6, 6.07) is 13.9. The summed E-state index contributed by atoms with van der Waals surface area (Å²) in [5.74, 6) is -0.196. The van der Waals surface area contributed by atoms with Crippen LogP contribution in [0.2, 0.25) is 0 Å². The van der Waals surface area contributed by atoms with Gasteiger partial charge >= 0.3 is 5.97 Å². The van der Waals surface area contributed by atoms with Gasteiger partial charge in [0.05, 0.1) is 16.8 Å². The zero-order valence-electron chi connectivity index (χ0n) is 11.0. The Bertz CT molecular complexity index is 825. The first-order valence-corrected chi connectivity index (χ1v) is 6.30. The van der Waals surface area contributed by atoms with Crippen LogP contribution in [0.15, 0.2) is 54.7 Å². The first kappa shape index (κ1) is 12.9. The summed E-state index contributed by atoms with van der Waals surface area (Å²) in [5.41, 5.74) is 6.77. The normalized spacial score (nSPS) is 10.5. The maximum absolute atomic E-state index is 11.1. The lowest BCUT2D eigenvalue weighted by atomic mass is 10.1. The smallest absolute Gasteiger partial charge is 0.337 e. The Balaban J connectivity index is 2.07. The van der Waals surface area contributed by atoms with Crippen LogP contribution in [0.25, 0.3) is 10.9 Å². The van der Waals surface area contributed by atoms with E-state index in [1.54, 1.807) is 24.4 Å². The number of rotatable bonds is 3. The van der Waals surface area contributed by atoms with Crippen molar-refractivity contribution in [2.45, 2.75) is 0 Å². The topological polar surface area (TPSA) is 85.4 Å². The number of pyridine rings is 1. The van der Waals surface area contributed by atoms with Gasteiger partial charge in [-0.2, -0.15) is 0 Å². The molecule has 5 nitrogen and oxygen atoms in total. The second-order valence-electron chi connectivity index (χ2n) is 4.45. The first-order chi connectivity index (χ1) is 10.2. The summed E-state index contributed by atoms with van der Waals surface area (Å²) in [6.07, 6.45) is 1.70. The molecule has 0 bridgehead atoms. The van der Waals surface area contributed by atoms with Gasteiger partial charge in [-0.05, 0) is 36.4 Å². The molecule has 1 heterocycles. The van der Waals surface area contributed by atoms with Crippen molar-refractivity contribution < 1.29 is 14.6 Å². The number of carboxylic acids is 1. The summed E-state index contributed by atoms with van der Waals surface area (Å²) in [4.78, 5) is 15.3. The van der Waals surface area contributed by atoms with Crippen LogP contribution in [0.1, 0.15) is 10.4 Å². The number of hydrogen-bond acceptors (Lipinski definition) is 4. The van der Waals surface area contributed by atoms with E-state index in [1.165, 1.54) is 6.07 Å². The Morgan fingerprint density at radius 2 is 1.81 bits per heavy atom. The number of fused-ring (bicyclic) bond motifs is 1. The van der Waals surface area contributed by atoms with Crippen molar-refractivity contribution in [2.24, 2.45) is 0 Å². The molecule has 0 radical (unpaired) electrons. The van der Waals surface area contributed by atoms with Crippen LogP contribution in [0.5, 0.6) is 11.5 Å². The molecule has 0 atom stereocenters. The fourth-order valence-electron chi connectivity index (χ4n) is 2.10. The van der Waals surface area contributed by atoms with Crippen LogP contribution >= 0.6 is 0 Å². The lowest BCUT2D eigenvalue weighted by Gasteiger charge is -2.11. The Hall–Kier alpha value is -3.08. The van der Waals surface area contributed by atoms with Crippen LogP contribution in [0.3, 0.4) is 0 Å². The Kier molecular flexibility index (Phi) is 3.16. The Morgan fingerprint density at radius 1 is 1.05 bits per heavy atom. The van der Waals surface area contributed by atoms with Crippen molar-refractivity contribution >= 4 is 22.6 Å². The summed E-state index contributed by atoms with van der Waals surface area (Å²) >= 11 is 0. The predicted molar refractivity (Wildman–Crippen MR) is 79.6 cm³/mol. The first-order valence-electron chi connectivity index (χ1n) is 6.30.